The molecule has 0 N–H and O–H groups in total. The normalized spacial score (nSPS) is 13.9. The lowest BCUT2D eigenvalue weighted by Crippen LogP contribution is -2.41. The van der Waals surface area contributed by atoms with Crippen molar-refractivity contribution in [1.29, 1.82) is 0 Å². The smallest absolute Gasteiger partial charge is 0.456 e. The minimum absolute atomic E-state index is 0.259. The summed E-state index contributed by atoms with van der Waals surface area (Å²) in [5.74, 6) is 2.43. The molecule has 0 bridgehead atoms. The van der Waals surface area contributed by atoms with Gasteiger partial charge in [-0.15, -0.1) is 45.3 Å². The average molecular weight is 1510 g/mol. The van der Waals surface area contributed by atoms with Crippen molar-refractivity contribution in [3.05, 3.63) is 284 Å². The molecular weight excluding hydrogens is 1450 g/mol. The zero-order valence-electron chi connectivity index (χ0n) is 59.5. The van der Waals surface area contributed by atoms with Crippen molar-refractivity contribution in [2.24, 2.45) is 0 Å². The summed E-state index contributed by atoms with van der Waals surface area (Å²) in [6.45, 7) is 8.27. The largest absolute Gasteiger partial charge is 0.494 e. The van der Waals surface area contributed by atoms with Crippen LogP contribution in [0.1, 0.15) is 27.7 Å². The van der Waals surface area contributed by atoms with Crippen molar-refractivity contribution in [2.45, 2.75) is 38.9 Å². The minimum Gasteiger partial charge on any atom is -0.456 e. The predicted molar refractivity (Wildman–Crippen MR) is 466 cm³/mol. The van der Waals surface area contributed by atoms with Crippen LogP contribution in [0.3, 0.4) is 0 Å². The topological polar surface area (TPSA) is 106 Å². The van der Waals surface area contributed by atoms with Crippen molar-refractivity contribution in [1.82, 2.24) is 29.1 Å². The van der Waals surface area contributed by atoms with E-state index in [2.05, 4.69) is 278 Å². The van der Waals surface area contributed by atoms with Gasteiger partial charge < -0.3 is 18.1 Å². The van der Waals surface area contributed by atoms with Gasteiger partial charge in [0.1, 0.15) is 22.3 Å². The molecule has 522 valence electrons. The second-order valence-corrected chi connectivity index (χ2v) is 33.9. The molecule has 24 aromatic rings. The molecule has 0 aliphatic carbocycles. The van der Waals surface area contributed by atoms with Gasteiger partial charge in [-0.25, -0.2) is 15.0 Å². The minimum atomic E-state index is -0.344. The van der Waals surface area contributed by atoms with Crippen LogP contribution in [0.25, 0.3) is 213 Å². The molecule has 14 aromatic carbocycles. The van der Waals surface area contributed by atoms with Gasteiger partial charge >= 0.3 is 7.12 Å². The SMILES string of the molecule is CC1(C)OB(c2ccc3oc4ccccc4c3c2)OC1(C)C.Clc1nc(-n2c3ccccc3c3c4sc5ccccc5c4c4ccccc4c32)c2sc3ccccc3c2n1.c1ccc2c(c1)oc1ccc(-c3nc(-n4c5ccccc5c5c6sc7ccccc7c6c6ccccc6c54)c4sc5ccccc5c4n3)cc12. The Morgan fingerprint density at radius 3 is 1.20 bits per heavy atom. The van der Waals surface area contributed by atoms with Crippen LogP contribution in [0, 0.1) is 0 Å². The second-order valence-electron chi connectivity index (χ2n) is 29.3. The molecule has 10 aromatic heterocycles. The summed E-state index contributed by atoms with van der Waals surface area (Å²) in [6.07, 6.45) is 0. The van der Waals surface area contributed by atoms with E-state index >= 15 is 0 Å². The molecule has 0 unspecified atom stereocenters. The van der Waals surface area contributed by atoms with Crippen molar-refractivity contribution < 1.29 is 18.1 Å². The number of rotatable bonds is 4. The van der Waals surface area contributed by atoms with E-state index in [1.165, 1.54) is 98.4 Å². The Balaban J connectivity index is 0.000000107. The average Bonchev–Trinajstić information content (AvgIpc) is 1.54. The third kappa shape index (κ3) is 9.46. The summed E-state index contributed by atoms with van der Waals surface area (Å²) < 4.78 is 38.8. The van der Waals surface area contributed by atoms with Gasteiger partial charge in [0.25, 0.3) is 0 Å². The first kappa shape index (κ1) is 64.1. The molecule has 1 fully saturated rings. The fourth-order valence-electron chi connectivity index (χ4n) is 17.0. The first-order chi connectivity index (χ1) is 53.9. The van der Waals surface area contributed by atoms with Crippen LogP contribution in [-0.2, 0) is 9.31 Å². The van der Waals surface area contributed by atoms with E-state index in [9.17, 15) is 0 Å². The number of para-hydroxylation sites is 4. The fraction of sp³-hybridized carbons (Fsp3) is 0.0638. The Hall–Kier alpha value is -11.9. The highest BCUT2D eigenvalue weighted by Crippen LogP contribution is 2.52. The molecule has 11 heterocycles. The standard InChI is InChI=1S/C44H23N3OS2.C32H16ClN3S2.C18H19BO3/c1-2-13-27-26(12-1)37-29-15-5-9-19-35(29)49-41(37)38-28-14-3-7-17-32(28)47(40(27)38)44-42-39(30-16-6-10-20-36(30)50-42)45-43(46-44)24-21-22-34-31(23-24)25-11-4-8-18-33(25)48-34;33-32-34-27-21-13-5-8-16-24(21)38-30(27)31(35-32)36-22-14-6-3-11-19(22)26-28(36)18-10-2-1-9-17(18)25-20-12-4-7-15-23(20)37-29(25)26;1-17(2)18(3,4)22-19(21-17)12-9-10-16-14(11-12)13-7-5-6-8-15(13)20-16/h1-23H;1-16H;5-11H,1-4H3. The highest BCUT2D eigenvalue weighted by molar-refractivity contribution is 7.28. The van der Waals surface area contributed by atoms with E-state index < -0.39 is 0 Å². The summed E-state index contributed by atoms with van der Waals surface area (Å²) in [5, 5.41) is 22.1. The van der Waals surface area contributed by atoms with Gasteiger partial charge in [-0.1, -0.05) is 206 Å². The van der Waals surface area contributed by atoms with Gasteiger partial charge in [-0.05, 0) is 128 Å². The lowest BCUT2D eigenvalue weighted by molar-refractivity contribution is 0.00578. The van der Waals surface area contributed by atoms with Crippen LogP contribution in [0.4, 0.5) is 0 Å². The Bertz CT molecular complexity index is 8060. The molecule has 1 aliphatic rings. The molecular formula is C94H58BClN6O4S4. The maximum Gasteiger partial charge on any atom is 0.494 e. The van der Waals surface area contributed by atoms with E-state index in [1.807, 2.05) is 65.1 Å². The lowest BCUT2D eigenvalue weighted by Gasteiger charge is -2.32. The van der Waals surface area contributed by atoms with Crippen LogP contribution >= 0.6 is 56.9 Å². The van der Waals surface area contributed by atoms with Gasteiger partial charge in [-0.2, -0.15) is 4.98 Å². The molecule has 1 aliphatic heterocycles. The number of hydrogen-bond donors (Lipinski definition) is 0. The number of halogens is 1. The van der Waals surface area contributed by atoms with E-state index in [4.69, 9.17) is 44.7 Å². The Kier molecular flexibility index (Phi) is 14.0. The molecule has 0 atom stereocenters. The maximum atomic E-state index is 6.64. The van der Waals surface area contributed by atoms with Crippen LogP contribution in [0.5, 0.6) is 0 Å². The third-order valence-corrected chi connectivity index (χ3v) is 27.5. The number of thiophene rings is 4. The molecule has 0 radical (unpaired) electrons. The summed E-state index contributed by atoms with van der Waals surface area (Å²) >= 11 is 13.9. The third-order valence-electron chi connectivity index (χ3n) is 22.7. The fourth-order valence-corrected chi connectivity index (χ4v) is 21.9. The zero-order chi connectivity index (χ0) is 73.0. The number of aromatic nitrogens is 6. The Morgan fingerprint density at radius 2 is 0.691 bits per heavy atom. The monoisotopic (exact) mass is 1510 g/mol. The predicted octanol–water partition coefficient (Wildman–Crippen LogP) is 27.0. The van der Waals surface area contributed by atoms with Crippen molar-refractivity contribution in [2.75, 3.05) is 0 Å². The van der Waals surface area contributed by atoms with Crippen LogP contribution in [0.2, 0.25) is 5.28 Å². The molecule has 25 rings (SSSR count). The summed E-state index contributed by atoms with van der Waals surface area (Å²) in [5.41, 5.74) is 11.3. The van der Waals surface area contributed by atoms with Crippen LogP contribution in [0.15, 0.2) is 288 Å². The van der Waals surface area contributed by atoms with E-state index in [0.29, 0.717) is 5.82 Å². The Labute approximate surface area is 647 Å². The Morgan fingerprint density at radius 1 is 0.318 bits per heavy atom. The lowest BCUT2D eigenvalue weighted by atomic mass is 9.78. The first-order valence-corrected chi connectivity index (χ1v) is 40.3. The van der Waals surface area contributed by atoms with Gasteiger partial charge in [0.05, 0.1) is 53.7 Å². The second kappa shape index (κ2) is 24.1. The van der Waals surface area contributed by atoms with E-state index in [1.54, 1.807) is 22.7 Å². The van der Waals surface area contributed by atoms with Crippen LogP contribution in [-0.4, -0.2) is 47.4 Å². The summed E-state index contributed by atoms with van der Waals surface area (Å²) in [4.78, 5) is 20.5. The highest BCUT2D eigenvalue weighted by Gasteiger charge is 2.52. The molecule has 0 saturated carbocycles. The maximum absolute atomic E-state index is 6.64. The summed E-state index contributed by atoms with van der Waals surface area (Å²) in [7, 11) is -0.344. The number of benzene rings is 14. The van der Waals surface area contributed by atoms with Crippen molar-refractivity contribution >= 4 is 260 Å². The van der Waals surface area contributed by atoms with Crippen molar-refractivity contribution in [3.8, 4) is 23.0 Å². The summed E-state index contributed by atoms with van der Waals surface area (Å²) in [6, 6.07) is 98.4. The molecule has 16 heteroatoms. The van der Waals surface area contributed by atoms with Gasteiger partial charge in [-0.3, -0.25) is 9.13 Å². The van der Waals surface area contributed by atoms with Gasteiger partial charge in [0, 0.05) is 120 Å². The van der Waals surface area contributed by atoms with Crippen molar-refractivity contribution in [3.63, 3.8) is 0 Å². The number of nitrogens with zero attached hydrogens (tertiary/aromatic N) is 6. The number of furan rings is 2. The van der Waals surface area contributed by atoms with E-state index in [-0.39, 0.29) is 23.6 Å². The molecule has 110 heavy (non-hydrogen) atoms. The molecule has 1 saturated heterocycles. The molecule has 0 amide bonds. The van der Waals surface area contributed by atoms with Gasteiger partial charge in [0.15, 0.2) is 17.5 Å². The van der Waals surface area contributed by atoms with E-state index in [0.717, 1.165) is 114 Å². The quantitative estimate of drug-likeness (QED) is 0.127. The number of fused-ring (bicyclic) bond motifs is 32. The highest BCUT2D eigenvalue weighted by atomic mass is 35.5. The van der Waals surface area contributed by atoms with Crippen LogP contribution < -0.4 is 5.46 Å². The first-order valence-electron chi connectivity index (χ1n) is 36.7. The molecule has 0 spiro atoms. The zero-order valence-corrected chi connectivity index (χ0v) is 63.5. The number of hydrogen-bond acceptors (Lipinski definition) is 12. The molecule has 10 nitrogen and oxygen atoms in total. The van der Waals surface area contributed by atoms with Gasteiger partial charge in [0.2, 0.25) is 5.28 Å².